The number of nitrogens with two attached hydrogens (primary N) is 1. The van der Waals surface area contributed by atoms with Crippen molar-refractivity contribution in [3.63, 3.8) is 0 Å². The van der Waals surface area contributed by atoms with Gasteiger partial charge in [-0.3, -0.25) is 4.79 Å². The third-order valence-electron chi connectivity index (χ3n) is 3.45. The smallest absolute Gasteiger partial charge is 0.236 e. The van der Waals surface area contributed by atoms with Crippen LogP contribution in [-0.4, -0.2) is 30.2 Å². The summed E-state index contributed by atoms with van der Waals surface area (Å²) in [7, 11) is 0. The molecule has 1 unspecified atom stereocenters. The molecule has 112 valence electrons. The van der Waals surface area contributed by atoms with Crippen LogP contribution in [0.2, 0.25) is 0 Å². The molecule has 4 nitrogen and oxygen atoms in total. The molecule has 4 N–H and O–H groups in total. The van der Waals surface area contributed by atoms with Gasteiger partial charge in [0, 0.05) is 13.2 Å². The zero-order valence-electron chi connectivity index (χ0n) is 12.4. The molecule has 0 aliphatic rings. The predicted molar refractivity (Wildman–Crippen MR) is 81.2 cm³/mol. The van der Waals surface area contributed by atoms with Gasteiger partial charge in [0.05, 0.1) is 6.04 Å². The average Bonchev–Trinajstić information content (AvgIpc) is 2.43. The predicted octanol–water partition coefficient (Wildman–Crippen LogP) is 1.47. The van der Waals surface area contributed by atoms with Crippen molar-refractivity contribution in [2.45, 2.75) is 39.2 Å². The van der Waals surface area contributed by atoms with Gasteiger partial charge in [-0.15, -0.1) is 0 Å². The first kappa shape index (κ1) is 16.7. The molecule has 0 aromatic heterocycles. The molecule has 0 saturated carbocycles. The van der Waals surface area contributed by atoms with Gasteiger partial charge in [0.25, 0.3) is 0 Å². The van der Waals surface area contributed by atoms with E-state index in [4.69, 9.17) is 10.8 Å². The second kappa shape index (κ2) is 8.02. The highest BCUT2D eigenvalue weighted by Gasteiger charge is 2.20. The highest BCUT2D eigenvalue weighted by molar-refractivity contribution is 5.81. The summed E-state index contributed by atoms with van der Waals surface area (Å²) in [6.07, 6.45) is 2.10. The zero-order valence-corrected chi connectivity index (χ0v) is 12.4. The molecule has 20 heavy (non-hydrogen) atoms. The molecule has 1 amide bonds. The fourth-order valence-corrected chi connectivity index (χ4v) is 1.95. The molecular weight excluding hydrogens is 252 g/mol. The lowest BCUT2D eigenvalue weighted by Gasteiger charge is -2.24. The third kappa shape index (κ3) is 6.17. The van der Waals surface area contributed by atoms with E-state index in [2.05, 4.69) is 5.32 Å². The number of hydrogen-bond donors (Lipinski definition) is 3. The van der Waals surface area contributed by atoms with Gasteiger partial charge in [0.1, 0.15) is 0 Å². The topological polar surface area (TPSA) is 75.3 Å². The Kier molecular flexibility index (Phi) is 6.68. The first-order valence-corrected chi connectivity index (χ1v) is 7.13. The van der Waals surface area contributed by atoms with Crippen LogP contribution in [0, 0.1) is 5.41 Å². The molecule has 1 atom stereocenters. The maximum Gasteiger partial charge on any atom is 0.236 e. The van der Waals surface area contributed by atoms with Gasteiger partial charge >= 0.3 is 0 Å². The lowest BCUT2D eigenvalue weighted by atomic mass is 9.89. The molecule has 4 heteroatoms. The molecule has 1 aromatic rings. The normalized spacial score (nSPS) is 13.0. The Morgan fingerprint density at radius 1 is 1.35 bits per heavy atom. The van der Waals surface area contributed by atoms with Crippen molar-refractivity contribution >= 4 is 5.91 Å². The molecule has 0 bridgehead atoms. The van der Waals surface area contributed by atoms with Gasteiger partial charge in [0.2, 0.25) is 5.91 Å². The van der Waals surface area contributed by atoms with Crippen LogP contribution in [0.25, 0.3) is 0 Å². The van der Waals surface area contributed by atoms with Crippen molar-refractivity contribution < 1.29 is 9.90 Å². The fourth-order valence-electron chi connectivity index (χ4n) is 1.95. The third-order valence-corrected chi connectivity index (χ3v) is 3.45. The zero-order chi connectivity index (χ0) is 15.0. The number of aliphatic hydroxyl groups excluding tert-OH is 1. The maximum absolute atomic E-state index is 11.9. The number of aliphatic hydroxyl groups is 1. The van der Waals surface area contributed by atoms with Gasteiger partial charge in [0.15, 0.2) is 0 Å². The second-order valence-corrected chi connectivity index (χ2v) is 5.99. The fraction of sp³-hybridized carbons (Fsp3) is 0.562. The summed E-state index contributed by atoms with van der Waals surface area (Å²) >= 11 is 0. The Morgan fingerprint density at radius 2 is 2.00 bits per heavy atom. The van der Waals surface area contributed by atoms with E-state index in [9.17, 15) is 4.79 Å². The van der Waals surface area contributed by atoms with Crippen LogP contribution in [0.4, 0.5) is 0 Å². The van der Waals surface area contributed by atoms with Crippen LogP contribution < -0.4 is 11.1 Å². The first-order chi connectivity index (χ1) is 9.44. The number of aryl methyl sites for hydroxylation is 1. The number of carbonyl (C=O) groups is 1. The Morgan fingerprint density at radius 3 is 2.60 bits per heavy atom. The molecule has 1 rings (SSSR count). The molecule has 0 saturated heterocycles. The van der Waals surface area contributed by atoms with Crippen molar-refractivity contribution in [2.24, 2.45) is 11.1 Å². The van der Waals surface area contributed by atoms with Gasteiger partial charge in [-0.1, -0.05) is 44.2 Å². The molecule has 1 aromatic carbocycles. The van der Waals surface area contributed by atoms with E-state index >= 15 is 0 Å². The quantitative estimate of drug-likeness (QED) is 0.674. The number of carbonyl (C=O) groups excluding carboxylic acids is 1. The van der Waals surface area contributed by atoms with Crippen LogP contribution in [0.3, 0.4) is 0 Å². The summed E-state index contributed by atoms with van der Waals surface area (Å²) in [6, 6.07) is 9.53. The van der Waals surface area contributed by atoms with Crippen molar-refractivity contribution in [1.82, 2.24) is 5.32 Å². The van der Waals surface area contributed by atoms with Crippen LogP contribution >= 0.6 is 0 Å². The number of rotatable bonds is 8. The molecule has 0 aliphatic carbocycles. The van der Waals surface area contributed by atoms with Crippen molar-refractivity contribution in [2.75, 3.05) is 13.2 Å². The maximum atomic E-state index is 11.9. The number of nitrogens with one attached hydrogen (secondary N) is 1. The minimum absolute atomic E-state index is 0.108. The summed E-state index contributed by atoms with van der Waals surface area (Å²) in [5, 5.41) is 11.8. The monoisotopic (exact) mass is 278 g/mol. The molecule has 0 heterocycles. The van der Waals surface area contributed by atoms with Crippen molar-refractivity contribution in [3.05, 3.63) is 35.9 Å². The summed E-state index contributed by atoms with van der Waals surface area (Å²) < 4.78 is 0. The summed E-state index contributed by atoms with van der Waals surface area (Å²) in [5.41, 5.74) is 6.99. The summed E-state index contributed by atoms with van der Waals surface area (Å²) in [5.74, 6) is -0.119. The molecule has 0 radical (unpaired) electrons. The first-order valence-electron chi connectivity index (χ1n) is 7.13. The van der Waals surface area contributed by atoms with Crippen LogP contribution in [0.15, 0.2) is 30.3 Å². The highest BCUT2D eigenvalue weighted by Crippen LogP contribution is 2.18. The molecular formula is C16H26N2O2. The van der Waals surface area contributed by atoms with Crippen LogP contribution in [-0.2, 0) is 11.2 Å². The van der Waals surface area contributed by atoms with Gasteiger partial charge in [-0.05, 0) is 30.2 Å². The minimum Gasteiger partial charge on any atom is -0.396 e. The van der Waals surface area contributed by atoms with E-state index in [-0.39, 0.29) is 17.9 Å². The Labute approximate surface area is 121 Å². The van der Waals surface area contributed by atoms with E-state index < -0.39 is 6.04 Å². The lowest BCUT2D eigenvalue weighted by Crippen LogP contribution is -2.44. The molecule has 0 fully saturated rings. The summed E-state index contributed by atoms with van der Waals surface area (Å²) in [4.78, 5) is 11.9. The number of benzene rings is 1. The van der Waals surface area contributed by atoms with Crippen molar-refractivity contribution in [1.29, 1.82) is 0 Å². The van der Waals surface area contributed by atoms with E-state index in [0.717, 1.165) is 6.42 Å². The highest BCUT2D eigenvalue weighted by atomic mass is 16.3. The standard InChI is InChI=1S/C16H26N2O2/c1-16(2,10-11-19)12-18-15(20)14(17)9-8-13-6-4-3-5-7-13/h3-7,14,19H,8-12,17H2,1-2H3,(H,18,20). The van der Waals surface area contributed by atoms with Gasteiger partial charge in [-0.25, -0.2) is 0 Å². The second-order valence-electron chi connectivity index (χ2n) is 5.99. The van der Waals surface area contributed by atoms with E-state index in [1.807, 2.05) is 44.2 Å². The Hall–Kier alpha value is -1.39. The van der Waals surface area contributed by atoms with E-state index in [1.54, 1.807) is 0 Å². The minimum atomic E-state index is -0.486. The van der Waals surface area contributed by atoms with Gasteiger partial charge in [-0.2, -0.15) is 0 Å². The molecule has 0 spiro atoms. The Bertz CT molecular complexity index is 404. The van der Waals surface area contributed by atoms with Crippen molar-refractivity contribution in [3.8, 4) is 0 Å². The summed E-state index contributed by atoms with van der Waals surface area (Å²) in [6.45, 7) is 4.69. The van der Waals surface area contributed by atoms with E-state index in [0.29, 0.717) is 19.4 Å². The SMILES string of the molecule is CC(C)(CCO)CNC(=O)C(N)CCc1ccccc1. The largest absolute Gasteiger partial charge is 0.396 e. The van der Waals surface area contributed by atoms with Crippen LogP contribution in [0.1, 0.15) is 32.3 Å². The van der Waals surface area contributed by atoms with Gasteiger partial charge < -0.3 is 16.2 Å². The lowest BCUT2D eigenvalue weighted by molar-refractivity contribution is -0.123. The average molecular weight is 278 g/mol. The number of amides is 1. The van der Waals surface area contributed by atoms with E-state index in [1.165, 1.54) is 5.56 Å². The van der Waals surface area contributed by atoms with Crippen LogP contribution in [0.5, 0.6) is 0 Å². The molecule has 0 aliphatic heterocycles. The Balaban J connectivity index is 2.32. The number of hydrogen-bond acceptors (Lipinski definition) is 3.